The Bertz CT molecular complexity index is 3110. The topological polar surface area (TPSA) is 3.24 Å². The van der Waals surface area contributed by atoms with Crippen LogP contribution in [0, 0.1) is 0 Å². The molecule has 9 aromatic carbocycles. The lowest BCUT2D eigenvalue weighted by atomic mass is 9.81. The van der Waals surface area contributed by atoms with E-state index < -0.39 is 0 Å². The molecule has 0 saturated carbocycles. The van der Waals surface area contributed by atoms with Crippen LogP contribution in [-0.4, -0.2) is 0 Å². The van der Waals surface area contributed by atoms with Gasteiger partial charge in [-0.2, -0.15) is 0 Å². The second-order valence-corrected chi connectivity index (χ2v) is 16.4. The minimum absolute atomic E-state index is 0.0372. The van der Waals surface area contributed by atoms with Gasteiger partial charge in [0.1, 0.15) is 0 Å². The Morgan fingerprint density at radius 3 is 1.78 bits per heavy atom. The molecule has 55 heavy (non-hydrogen) atoms. The second kappa shape index (κ2) is 12.3. The van der Waals surface area contributed by atoms with Crippen LogP contribution in [0.1, 0.15) is 25.0 Å². The van der Waals surface area contributed by atoms with Crippen LogP contribution in [0.5, 0.6) is 0 Å². The largest absolute Gasteiger partial charge is 0.310 e. The average Bonchev–Trinajstić information content (AvgIpc) is 3.73. The second-order valence-electron chi connectivity index (χ2n) is 15.3. The van der Waals surface area contributed by atoms with Gasteiger partial charge >= 0.3 is 0 Å². The third kappa shape index (κ3) is 4.99. The van der Waals surface area contributed by atoms with Crippen molar-refractivity contribution in [2.24, 2.45) is 0 Å². The normalized spacial score (nSPS) is 13.1. The van der Waals surface area contributed by atoms with Crippen LogP contribution < -0.4 is 4.90 Å². The van der Waals surface area contributed by atoms with Gasteiger partial charge in [-0.05, 0) is 103 Å². The lowest BCUT2D eigenvalue weighted by Gasteiger charge is -2.28. The summed E-state index contributed by atoms with van der Waals surface area (Å²) < 4.78 is 2.66. The maximum atomic E-state index is 2.44. The van der Waals surface area contributed by atoms with Crippen LogP contribution in [-0.2, 0) is 5.41 Å². The fourth-order valence-corrected chi connectivity index (χ4v) is 10.3. The molecule has 1 nitrogen and oxygen atoms in total. The fourth-order valence-electron chi connectivity index (χ4n) is 9.10. The monoisotopic (exact) mass is 719 g/mol. The van der Waals surface area contributed by atoms with E-state index in [0.29, 0.717) is 0 Å². The number of hydrogen-bond donors (Lipinski definition) is 0. The van der Waals surface area contributed by atoms with E-state index in [1.807, 2.05) is 11.3 Å². The molecule has 2 heteroatoms. The van der Waals surface area contributed by atoms with E-state index >= 15 is 0 Å². The highest BCUT2D eigenvalue weighted by atomic mass is 32.1. The molecule has 0 aliphatic heterocycles. The first-order valence-electron chi connectivity index (χ1n) is 19.1. The summed E-state index contributed by atoms with van der Waals surface area (Å²) in [5, 5.41) is 7.63. The summed E-state index contributed by atoms with van der Waals surface area (Å²) in [5.74, 6) is 0. The van der Waals surface area contributed by atoms with Crippen molar-refractivity contribution < 1.29 is 0 Å². The fraction of sp³-hybridized carbons (Fsp3) is 0.0566. The molecule has 11 rings (SSSR count). The molecule has 0 amide bonds. The van der Waals surface area contributed by atoms with E-state index in [2.05, 4.69) is 207 Å². The van der Waals surface area contributed by atoms with Crippen LogP contribution >= 0.6 is 11.3 Å². The summed E-state index contributed by atoms with van der Waals surface area (Å²) in [6, 6.07) is 69.6. The van der Waals surface area contributed by atoms with Gasteiger partial charge in [0.05, 0.1) is 5.69 Å². The zero-order valence-electron chi connectivity index (χ0n) is 30.8. The Labute approximate surface area is 325 Å². The van der Waals surface area contributed by atoms with Crippen LogP contribution in [0.25, 0.3) is 75.1 Å². The SMILES string of the molecule is CC1(C)c2ccccc2-c2ccc(-c3ccc(N(c4ccc(-c5cccc6c5sc5ccccc56)cc4)c4cc5ccccc5c5ccccc45)cc3)cc21. The molecule has 0 unspecified atom stereocenters. The molecular weight excluding hydrogens is 683 g/mol. The van der Waals surface area contributed by atoms with Crippen molar-refractivity contribution >= 4 is 70.1 Å². The lowest BCUT2D eigenvalue weighted by Crippen LogP contribution is -2.14. The van der Waals surface area contributed by atoms with Gasteiger partial charge in [0.2, 0.25) is 0 Å². The average molecular weight is 720 g/mol. The third-order valence-corrected chi connectivity index (χ3v) is 13.1. The van der Waals surface area contributed by atoms with Gasteiger partial charge in [-0.1, -0.05) is 159 Å². The molecule has 0 radical (unpaired) electrons. The zero-order valence-corrected chi connectivity index (χ0v) is 31.6. The highest BCUT2D eigenvalue weighted by Gasteiger charge is 2.35. The number of benzene rings is 9. The molecule has 0 bridgehead atoms. The summed E-state index contributed by atoms with van der Waals surface area (Å²) in [6.07, 6.45) is 0. The van der Waals surface area contributed by atoms with E-state index in [-0.39, 0.29) is 5.41 Å². The first kappa shape index (κ1) is 32.0. The van der Waals surface area contributed by atoms with Gasteiger partial charge in [0, 0.05) is 42.3 Å². The lowest BCUT2D eigenvalue weighted by molar-refractivity contribution is 0.660. The molecule has 0 atom stereocenters. The summed E-state index contributed by atoms with van der Waals surface area (Å²) in [4.78, 5) is 2.44. The maximum Gasteiger partial charge on any atom is 0.0546 e. The van der Waals surface area contributed by atoms with E-state index in [1.165, 1.54) is 91.9 Å². The number of hydrogen-bond acceptors (Lipinski definition) is 2. The van der Waals surface area contributed by atoms with Crippen molar-refractivity contribution in [2.45, 2.75) is 19.3 Å². The van der Waals surface area contributed by atoms with E-state index in [4.69, 9.17) is 0 Å². The number of fused-ring (bicyclic) bond motifs is 9. The van der Waals surface area contributed by atoms with Crippen LogP contribution in [0.4, 0.5) is 17.1 Å². The van der Waals surface area contributed by atoms with Crippen molar-refractivity contribution in [1.29, 1.82) is 0 Å². The first-order valence-corrected chi connectivity index (χ1v) is 19.9. The summed E-state index contributed by atoms with van der Waals surface area (Å²) in [7, 11) is 0. The number of rotatable bonds is 5. The minimum atomic E-state index is -0.0372. The Hall–Kier alpha value is -6.48. The Morgan fingerprint density at radius 2 is 0.982 bits per heavy atom. The van der Waals surface area contributed by atoms with E-state index in [0.717, 1.165) is 11.4 Å². The Balaban J connectivity index is 1.04. The molecule has 0 fully saturated rings. The van der Waals surface area contributed by atoms with Crippen molar-refractivity contribution in [3.63, 3.8) is 0 Å². The smallest absolute Gasteiger partial charge is 0.0546 e. The zero-order chi connectivity index (χ0) is 36.7. The standard InChI is InChI=1S/C53H37NS/c1-53(2)48-20-9-7-15-43(48)44-31-26-36(32-49(44)53)34-22-27-38(28-23-34)54(50-33-37-12-3-4-13-40(37)42-14-5-6-16-45(42)50)39-29-24-35(25-30-39)41-18-11-19-47-46-17-8-10-21-51(46)55-52(41)47/h3-33H,1-2H3. The molecule has 10 aromatic rings. The number of thiophene rings is 1. The first-order chi connectivity index (χ1) is 27.0. The van der Waals surface area contributed by atoms with Crippen molar-refractivity contribution in [3.05, 3.63) is 199 Å². The molecule has 1 heterocycles. The van der Waals surface area contributed by atoms with E-state index in [9.17, 15) is 0 Å². The Kier molecular flexibility index (Phi) is 7.14. The maximum absolute atomic E-state index is 2.44. The number of anilines is 3. The van der Waals surface area contributed by atoms with Gasteiger partial charge in [-0.3, -0.25) is 0 Å². The van der Waals surface area contributed by atoms with Gasteiger partial charge in [0.25, 0.3) is 0 Å². The predicted molar refractivity (Wildman–Crippen MR) is 237 cm³/mol. The van der Waals surface area contributed by atoms with Gasteiger partial charge < -0.3 is 4.90 Å². The molecule has 1 aliphatic rings. The van der Waals surface area contributed by atoms with Crippen molar-refractivity contribution in [3.8, 4) is 33.4 Å². The van der Waals surface area contributed by atoms with Crippen LogP contribution in [0.3, 0.4) is 0 Å². The molecule has 1 aromatic heterocycles. The molecule has 0 spiro atoms. The molecule has 0 saturated heterocycles. The minimum Gasteiger partial charge on any atom is -0.310 e. The van der Waals surface area contributed by atoms with Crippen molar-refractivity contribution in [1.82, 2.24) is 0 Å². The molecule has 0 N–H and O–H groups in total. The highest BCUT2D eigenvalue weighted by Crippen LogP contribution is 2.50. The van der Waals surface area contributed by atoms with Crippen molar-refractivity contribution in [2.75, 3.05) is 4.90 Å². The summed E-state index contributed by atoms with van der Waals surface area (Å²) in [6.45, 7) is 4.70. The van der Waals surface area contributed by atoms with Gasteiger partial charge in [-0.25, -0.2) is 0 Å². The quantitative estimate of drug-likeness (QED) is 0.160. The van der Waals surface area contributed by atoms with Crippen LogP contribution in [0.15, 0.2) is 188 Å². The van der Waals surface area contributed by atoms with Crippen LogP contribution in [0.2, 0.25) is 0 Å². The highest BCUT2D eigenvalue weighted by molar-refractivity contribution is 7.26. The Morgan fingerprint density at radius 1 is 0.400 bits per heavy atom. The molecule has 1 aliphatic carbocycles. The predicted octanol–water partition coefficient (Wildman–Crippen LogP) is 15.5. The molecule has 260 valence electrons. The summed E-state index contributed by atoms with van der Waals surface area (Å²) in [5.41, 5.74) is 13.8. The van der Waals surface area contributed by atoms with E-state index in [1.54, 1.807) is 0 Å². The van der Waals surface area contributed by atoms with Gasteiger partial charge in [-0.15, -0.1) is 11.3 Å². The molecular formula is C53H37NS. The summed E-state index contributed by atoms with van der Waals surface area (Å²) >= 11 is 1.88. The number of nitrogens with zero attached hydrogens (tertiary/aromatic N) is 1. The third-order valence-electron chi connectivity index (χ3n) is 11.9. The van der Waals surface area contributed by atoms with Gasteiger partial charge in [0.15, 0.2) is 0 Å².